The predicted molar refractivity (Wildman–Crippen MR) is 79.6 cm³/mol. The number of anilines is 2. The third-order valence-electron chi connectivity index (χ3n) is 3.29. The lowest BCUT2D eigenvalue weighted by Crippen LogP contribution is -2.18. The van der Waals surface area contributed by atoms with Gasteiger partial charge in [0.05, 0.1) is 0 Å². The molecule has 4 heteroatoms. The number of hydrogen-bond acceptors (Lipinski definition) is 4. The Morgan fingerprint density at radius 3 is 2.58 bits per heavy atom. The molecule has 2 rings (SSSR count). The van der Waals surface area contributed by atoms with Crippen molar-refractivity contribution < 1.29 is 0 Å². The van der Waals surface area contributed by atoms with Crippen LogP contribution in [0, 0.1) is 13.8 Å². The van der Waals surface area contributed by atoms with Gasteiger partial charge in [0.2, 0.25) is 0 Å². The first-order chi connectivity index (χ1) is 9.10. The van der Waals surface area contributed by atoms with Crippen LogP contribution in [0.25, 0.3) is 0 Å². The lowest BCUT2D eigenvalue weighted by molar-refractivity contribution is 0.889. The van der Waals surface area contributed by atoms with Gasteiger partial charge in [-0.05, 0) is 30.5 Å². The van der Waals surface area contributed by atoms with Gasteiger partial charge >= 0.3 is 0 Å². The number of benzene rings is 1. The van der Waals surface area contributed by atoms with Gasteiger partial charge in [0.25, 0.3) is 0 Å². The van der Waals surface area contributed by atoms with Crippen LogP contribution in [-0.4, -0.2) is 24.1 Å². The molecular weight excluding hydrogens is 236 g/mol. The molecule has 0 aliphatic rings. The summed E-state index contributed by atoms with van der Waals surface area (Å²) in [5, 5.41) is 3.02. The van der Waals surface area contributed by atoms with E-state index in [9.17, 15) is 0 Å². The lowest BCUT2D eigenvalue weighted by Gasteiger charge is -2.19. The largest absolute Gasteiger partial charge is 0.373 e. The van der Waals surface area contributed by atoms with Crippen molar-refractivity contribution >= 4 is 11.6 Å². The van der Waals surface area contributed by atoms with Gasteiger partial charge in [0.1, 0.15) is 18.0 Å². The molecule has 0 unspecified atom stereocenters. The molecule has 19 heavy (non-hydrogen) atoms. The number of rotatable bonds is 4. The molecule has 4 nitrogen and oxygen atoms in total. The number of aryl methyl sites for hydroxylation is 2. The van der Waals surface area contributed by atoms with E-state index in [1.165, 1.54) is 16.7 Å². The third kappa shape index (κ3) is 3.22. The van der Waals surface area contributed by atoms with E-state index in [0.29, 0.717) is 0 Å². The highest BCUT2D eigenvalue weighted by Gasteiger charge is 2.05. The number of nitrogens with zero attached hydrogens (tertiary/aromatic N) is 3. The average Bonchev–Trinajstić information content (AvgIpc) is 2.43. The lowest BCUT2D eigenvalue weighted by atomic mass is 10.1. The van der Waals surface area contributed by atoms with E-state index in [2.05, 4.69) is 52.2 Å². The summed E-state index contributed by atoms with van der Waals surface area (Å²) >= 11 is 0. The molecule has 0 amide bonds. The van der Waals surface area contributed by atoms with Gasteiger partial charge < -0.3 is 10.2 Å². The molecular formula is C15H20N4. The minimum atomic E-state index is 0.830. The highest BCUT2D eigenvalue weighted by molar-refractivity contribution is 5.48. The van der Waals surface area contributed by atoms with Crippen LogP contribution in [0.1, 0.15) is 16.7 Å². The Balaban J connectivity index is 2.15. The Morgan fingerprint density at radius 1 is 1.11 bits per heavy atom. The first kappa shape index (κ1) is 13.3. The zero-order valence-corrected chi connectivity index (χ0v) is 11.9. The maximum absolute atomic E-state index is 4.30. The summed E-state index contributed by atoms with van der Waals surface area (Å²) in [7, 11) is 3.90. The zero-order valence-electron chi connectivity index (χ0n) is 11.9. The predicted octanol–water partition coefficient (Wildman–Crippen LogP) is 2.77. The Bertz CT molecular complexity index is 566. The van der Waals surface area contributed by atoms with Gasteiger partial charge in [0.15, 0.2) is 0 Å². The highest BCUT2D eigenvalue weighted by Crippen LogP contribution is 2.16. The van der Waals surface area contributed by atoms with Crippen LogP contribution in [0.3, 0.4) is 0 Å². The van der Waals surface area contributed by atoms with Gasteiger partial charge in [-0.3, -0.25) is 0 Å². The van der Waals surface area contributed by atoms with Crippen LogP contribution in [0.2, 0.25) is 0 Å². The Morgan fingerprint density at radius 2 is 1.89 bits per heavy atom. The number of hydrogen-bond donors (Lipinski definition) is 1. The molecule has 0 saturated carbocycles. The maximum atomic E-state index is 4.30. The highest BCUT2D eigenvalue weighted by atomic mass is 15.2. The van der Waals surface area contributed by atoms with E-state index in [1.807, 2.05) is 20.2 Å². The first-order valence-electron chi connectivity index (χ1n) is 6.37. The van der Waals surface area contributed by atoms with E-state index in [1.54, 1.807) is 6.33 Å². The smallest absolute Gasteiger partial charge is 0.134 e. The summed E-state index contributed by atoms with van der Waals surface area (Å²) in [5.41, 5.74) is 3.94. The molecule has 1 aromatic heterocycles. The minimum Gasteiger partial charge on any atom is -0.373 e. The van der Waals surface area contributed by atoms with Crippen molar-refractivity contribution in [1.29, 1.82) is 0 Å². The quantitative estimate of drug-likeness (QED) is 0.913. The summed E-state index contributed by atoms with van der Waals surface area (Å²) in [5.74, 6) is 1.74. The van der Waals surface area contributed by atoms with E-state index >= 15 is 0 Å². The second-order valence-electron chi connectivity index (χ2n) is 4.79. The zero-order chi connectivity index (χ0) is 13.8. The van der Waals surface area contributed by atoms with Crippen LogP contribution in [0.5, 0.6) is 0 Å². The minimum absolute atomic E-state index is 0.830. The topological polar surface area (TPSA) is 41.0 Å². The molecule has 0 radical (unpaired) electrons. The fourth-order valence-electron chi connectivity index (χ4n) is 1.95. The fraction of sp³-hybridized carbons (Fsp3) is 0.333. The maximum Gasteiger partial charge on any atom is 0.134 e. The molecule has 1 aromatic carbocycles. The second kappa shape index (κ2) is 5.69. The molecule has 1 heterocycles. The molecule has 0 bridgehead atoms. The van der Waals surface area contributed by atoms with E-state index in [4.69, 9.17) is 0 Å². The standard InChI is InChI=1S/C15H20N4/c1-11-5-6-13(7-12(11)2)9-19(4)15-8-14(16-3)17-10-18-15/h5-8,10H,9H2,1-4H3,(H,16,17,18). The summed E-state index contributed by atoms with van der Waals surface area (Å²) in [6.07, 6.45) is 1.58. The van der Waals surface area contributed by atoms with E-state index in [0.717, 1.165) is 18.2 Å². The van der Waals surface area contributed by atoms with Gasteiger partial charge in [-0.25, -0.2) is 9.97 Å². The monoisotopic (exact) mass is 256 g/mol. The summed E-state index contributed by atoms with van der Waals surface area (Å²) in [6, 6.07) is 8.50. The third-order valence-corrected chi connectivity index (χ3v) is 3.29. The molecule has 0 aliphatic heterocycles. The van der Waals surface area contributed by atoms with Crippen molar-refractivity contribution in [3.8, 4) is 0 Å². The van der Waals surface area contributed by atoms with Crippen LogP contribution in [0.4, 0.5) is 11.6 Å². The Kier molecular flexibility index (Phi) is 4.00. The molecule has 100 valence electrons. The number of nitrogens with one attached hydrogen (secondary N) is 1. The molecule has 0 saturated heterocycles. The van der Waals surface area contributed by atoms with Crippen molar-refractivity contribution in [2.75, 3.05) is 24.3 Å². The van der Waals surface area contributed by atoms with E-state index in [-0.39, 0.29) is 0 Å². The molecule has 0 atom stereocenters. The van der Waals surface area contributed by atoms with Crippen molar-refractivity contribution in [2.24, 2.45) is 0 Å². The molecule has 0 aliphatic carbocycles. The summed E-state index contributed by atoms with van der Waals surface area (Å²) in [6.45, 7) is 5.11. The Hall–Kier alpha value is -2.10. The van der Waals surface area contributed by atoms with Crippen molar-refractivity contribution in [1.82, 2.24) is 9.97 Å². The molecule has 1 N–H and O–H groups in total. The second-order valence-corrected chi connectivity index (χ2v) is 4.79. The number of aromatic nitrogens is 2. The SMILES string of the molecule is CNc1cc(N(C)Cc2ccc(C)c(C)c2)ncn1. The van der Waals surface area contributed by atoms with Crippen LogP contribution in [0.15, 0.2) is 30.6 Å². The average molecular weight is 256 g/mol. The van der Waals surface area contributed by atoms with Crippen LogP contribution >= 0.6 is 0 Å². The van der Waals surface area contributed by atoms with Gasteiger partial charge in [0, 0.05) is 26.7 Å². The van der Waals surface area contributed by atoms with Gasteiger partial charge in [-0.15, -0.1) is 0 Å². The fourth-order valence-corrected chi connectivity index (χ4v) is 1.95. The van der Waals surface area contributed by atoms with Gasteiger partial charge in [-0.2, -0.15) is 0 Å². The molecule has 0 spiro atoms. The van der Waals surface area contributed by atoms with Crippen molar-refractivity contribution in [3.05, 3.63) is 47.3 Å². The van der Waals surface area contributed by atoms with Gasteiger partial charge in [-0.1, -0.05) is 18.2 Å². The Labute approximate surface area is 114 Å². The summed E-state index contributed by atoms with van der Waals surface area (Å²) in [4.78, 5) is 10.5. The van der Waals surface area contributed by atoms with Crippen molar-refractivity contribution in [2.45, 2.75) is 20.4 Å². The summed E-state index contributed by atoms with van der Waals surface area (Å²) < 4.78 is 0. The van der Waals surface area contributed by atoms with Crippen LogP contribution < -0.4 is 10.2 Å². The normalized spacial score (nSPS) is 10.3. The van der Waals surface area contributed by atoms with Crippen molar-refractivity contribution in [3.63, 3.8) is 0 Å². The first-order valence-corrected chi connectivity index (χ1v) is 6.37. The van der Waals surface area contributed by atoms with E-state index < -0.39 is 0 Å². The molecule has 0 fully saturated rings. The van der Waals surface area contributed by atoms with Crippen LogP contribution in [-0.2, 0) is 6.54 Å². The molecule has 2 aromatic rings.